The van der Waals surface area contributed by atoms with Gasteiger partial charge in [-0.2, -0.15) is 0 Å². The van der Waals surface area contributed by atoms with Crippen molar-refractivity contribution in [2.24, 2.45) is 0 Å². The summed E-state index contributed by atoms with van der Waals surface area (Å²) in [5, 5.41) is 4.18. The monoisotopic (exact) mass is 676 g/mol. The molecular formula is C43H41F3P2. The second-order valence-electron chi connectivity index (χ2n) is 12.1. The molecule has 0 N–H and O–H groups in total. The summed E-state index contributed by atoms with van der Waals surface area (Å²) in [6, 6.07) is 19.9. The lowest BCUT2D eigenvalue weighted by Gasteiger charge is -2.40. The van der Waals surface area contributed by atoms with Crippen molar-refractivity contribution >= 4 is 38.6 Å². The van der Waals surface area contributed by atoms with Gasteiger partial charge in [-0.25, -0.2) is 13.2 Å². The molecule has 0 fully saturated rings. The van der Waals surface area contributed by atoms with Crippen LogP contribution in [0.2, 0.25) is 0 Å². The van der Waals surface area contributed by atoms with Crippen molar-refractivity contribution < 1.29 is 13.2 Å². The van der Waals surface area contributed by atoms with Crippen LogP contribution in [-0.4, -0.2) is 18.5 Å². The summed E-state index contributed by atoms with van der Waals surface area (Å²) in [7, 11) is -2.09. The summed E-state index contributed by atoms with van der Waals surface area (Å²) in [5.41, 5.74) is 9.92. The molecule has 0 saturated carbocycles. The lowest BCUT2D eigenvalue weighted by Crippen LogP contribution is -2.30. The zero-order valence-electron chi connectivity index (χ0n) is 27.6. The highest BCUT2D eigenvalue weighted by Gasteiger charge is 2.38. The Hall–Kier alpha value is -3.99. The van der Waals surface area contributed by atoms with E-state index in [0.29, 0.717) is 12.8 Å². The van der Waals surface area contributed by atoms with Crippen LogP contribution in [0.25, 0.3) is 12.2 Å². The Morgan fingerprint density at radius 3 is 2.46 bits per heavy atom. The van der Waals surface area contributed by atoms with Crippen molar-refractivity contribution in [3.63, 3.8) is 0 Å². The summed E-state index contributed by atoms with van der Waals surface area (Å²) >= 11 is 0. The van der Waals surface area contributed by atoms with Crippen LogP contribution < -0.4 is 10.6 Å². The van der Waals surface area contributed by atoms with Gasteiger partial charge in [0, 0.05) is 18.0 Å². The van der Waals surface area contributed by atoms with E-state index in [1.165, 1.54) is 17.2 Å². The van der Waals surface area contributed by atoms with Crippen LogP contribution in [0.3, 0.4) is 0 Å². The van der Waals surface area contributed by atoms with Gasteiger partial charge in [0.15, 0.2) is 0 Å². The fourth-order valence-electron chi connectivity index (χ4n) is 6.53. The van der Waals surface area contributed by atoms with Gasteiger partial charge in [0.2, 0.25) is 0 Å². The van der Waals surface area contributed by atoms with Crippen LogP contribution in [0.1, 0.15) is 53.5 Å². The molecule has 3 aromatic carbocycles. The summed E-state index contributed by atoms with van der Waals surface area (Å²) in [5.74, 6) is -0.462. The third-order valence-corrected chi connectivity index (χ3v) is 14.2. The standard InChI is InChI=1S/C43H41F3P2/c1-6-7-14-38-31(4)16-26-41(48(32(5)12-10-11-28-44)37-24-20-35(46)21-25-37)42(38)43-39-15-9-8-13-33(39)17-27-40(43)47(29-30(2)3)36-22-18-34(45)19-23-36/h6-9,11-20,22-24,26-27,40,43H,1-2,5,21,25,28-29H2,3-4H3/b14-7-/t10?,40-,43?,47?,48?/m0/s1. The van der Waals surface area contributed by atoms with E-state index in [0.717, 1.165) is 49.7 Å². The van der Waals surface area contributed by atoms with Crippen LogP contribution >= 0.6 is 15.8 Å². The molecule has 3 unspecified atom stereocenters. The predicted molar refractivity (Wildman–Crippen MR) is 205 cm³/mol. The largest absolute Gasteiger partial charge is 0.246 e. The minimum atomic E-state index is -1.21. The van der Waals surface area contributed by atoms with Gasteiger partial charge in [-0.3, -0.25) is 0 Å². The highest BCUT2D eigenvalue weighted by Crippen LogP contribution is 2.59. The van der Waals surface area contributed by atoms with Gasteiger partial charge in [0.05, 0.1) is 0 Å². The molecule has 0 aromatic heterocycles. The van der Waals surface area contributed by atoms with Crippen LogP contribution in [0.15, 0.2) is 151 Å². The zero-order chi connectivity index (χ0) is 34.2. The molecule has 244 valence electrons. The number of aryl methyl sites for hydroxylation is 1. The van der Waals surface area contributed by atoms with Gasteiger partial charge in [-0.15, -0.1) is 5.73 Å². The summed E-state index contributed by atoms with van der Waals surface area (Å²) in [6.07, 6.45) is 18.8. The molecule has 0 nitrogen and oxygen atoms in total. The van der Waals surface area contributed by atoms with Gasteiger partial charge in [0.1, 0.15) is 18.3 Å². The second kappa shape index (κ2) is 16.4. The van der Waals surface area contributed by atoms with Crippen molar-refractivity contribution in [3.05, 3.63) is 184 Å². The Morgan fingerprint density at radius 2 is 1.77 bits per heavy atom. The fourth-order valence-corrected chi connectivity index (χ4v) is 11.8. The van der Waals surface area contributed by atoms with Crippen molar-refractivity contribution in [2.75, 3.05) is 12.8 Å². The van der Waals surface area contributed by atoms with Gasteiger partial charge in [0.25, 0.3) is 0 Å². The van der Waals surface area contributed by atoms with E-state index in [1.54, 1.807) is 30.4 Å². The topological polar surface area (TPSA) is 0 Å². The first-order valence-corrected chi connectivity index (χ1v) is 19.0. The van der Waals surface area contributed by atoms with Crippen molar-refractivity contribution in [2.45, 2.75) is 38.3 Å². The number of allylic oxidation sites excluding steroid dienone is 10. The molecule has 5 rings (SSSR count). The molecule has 0 amide bonds. The van der Waals surface area contributed by atoms with E-state index in [2.05, 4.69) is 93.9 Å². The Balaban J connectivity index is 1.86. The highest BCUT2D eigenvalue weighted by molar-refractivity contribution is 7.74. The molecule has 2 aliphatic carbocycles. The normalized spacial score (nSPS) is 18.2. The van der Waals surface area contributed by atoms with Gasteiger partial charge in [-0.1, -0.05) is 118 Å². The molecule has 0 spiro atoms. The smallest absolute Gasteiger partial charge is 0.123 e. The van der Waals surface area contributed by atoms with Crippen molar-refractivity contribution in [1.82, 2.24) is 0 Å². The molecular weight excluding hydrogens is 635 g/mol. The number of rotatable bonds is 12. The third-order valence-electron chi connectivity index (χ3n) is 8.63. The van der Waals surface area contributed by atoms with E-state index in [4.69, 9.17) is 0 Å². The van der Waals surface area contributed by atoms with Crippen molar-refractivity contribution in [3.8, 4) is 0 Å². The van der Waals surface area contributed by atoms with E-state index >= 15 is 0 Å². The maximum Gasteiger partial charge on any atom is 0.123 e. The van der Waals surface area contributed by atoms with E-state index in [-0.39, 0.29) is 23.2 Å². The first kappa shape index (κ1) is 35.3. The number of fused-ring (bicyclic) bond motifs is 1. The Labute approximate surface area is 286 Å². The predicted octanol–water partition coefficient (Wildman–Crippen LogP) is 12.1. The van der Waals surface area contributed by atoms with Gasteiger partial charge in [-0.05, 0) is 114 Å². The number of benzene rings is 3. The Kier molecular flexibility index (Phi) is 12.1. The molecule has 0 saturated heterocycles. The average molecular weight is 677 g/mol. The molecule has 2 aliphatic rings. The summed E-state index contributed by atoms with van der Waals surface area (Å²) in [6.45, 7) is 16.4. The van der Waals surface area contributed by atoms with Gasteiger partial charge < -0.3 is 0 Å². The summed E-state index contributed by atoms with van der Waals surface area (Å²) in [4.78, 5) is 0. The quantitative estimate of drug-likeness (QED) is 0.0775. The molecule has 0 heterocycles. The number of hydrogen-bond donors (Lipinski definition) is 0. The van der Waals surface area contributed by atoms with E-state index in [9.17, 15) is 13.2 Å². The average Bonchev–Trinajstić information content (AvgIpc) is 3.08. The molecule has 0 aliphatic heterocycles. The molecule has 5 heteroatoms. The Morgan fingerprint density at radius 1 is 1.00 bits per heavy atom. The lowest BCUT2D eigenvalue weighted by molar-refractivity contribution is 0.562. The maximum absolute atomic E-state index is 14.4. The fraction of sp³-hybridized carbons (Fsp3) is 0.186. The van der Waals surface area contributed by atoms with E-state index in [1.807, 2.05) is 24.3 Å². The van der Waals surface area contributed by atoms with Crippen LogP contribution in [0.5, 0.6) is 0 Å². The SMILES string of the molecule is C=C/C=C\c1c(C)ccc(P(C(=C)C=C=CCF)C2=CC=C(F)CC2)c1C1c2ccccc2C=C[C@@H]1P(CC(=C)C)c1ccc(F)cc1. The molecule has 3 aromatic rings. The first-order valence-electron chi connectivity index (χ1n) is 16.1. The number of alkyl halides is 1. The lowest BCUT2D eigenvalue weighted by atomic mass is 9.79. The molecule has 0 radical (unpaired) electrons. The molecule has 48 heavy (non-hydrogen) atoms. The Bertz CT molecular complexity index is 1880. The minimum absolute atomic E-state index is 0.0539. The second-order valence-corrected chi connectivity index (χ2v) is 16.8. The number of hydrogen-bond acceptors (Lipinski definition) is 0. The molecule has 0 bridgehead atoms. The van der Waals surface area contributed by atoms with Gasteiger partial charge >= 0.3 is 0 Å². The van der Waals surface area contributed by atoms with Crippen LogP contribution in [0, 0.1) is 12.7 Å². The summed E-state index contributed by atoms with van der Waals surface area (Å²) < 4.78 is 41.7. The van der Waals surface area contributed by atoms with Crippen LogP contribution in [0.4, 0.5) is 13.2 Å². The molecule has 4 atom stereocenters. The number of halogens is 3. The third kappa shape index (κ3) is 7.99. The van der Waals surface area contributed by atoms with Crippen LogP contribution in [-0.2, 0) is 0 Å². The zero-order valence-corrected chi connectivity index (χ0v) is 29.4. The van der Waals surface area contributed by atoms with E-state index < -0.39 is 22.5 Å². The maximum atomic E-state index is 14.4. The minimum Gasteiger partial charge on any atom is -0.246 e. The first-order chi connectivity index (χ1) is 23.2. The van der Waals surface area contributed by atoms with Crippen molar-refractivity contribution in [1.29, 1.82) is 0 Å². The highest BCUT2D eigenvalue weighted by atomic mass is 31.1.